The number of aliphatic hydroxyl groups is 2. The molecule has 0 saturated carbocycles. The second-order valence-corrected chi connectivity index (χ2v) is 5.26. The van der Waals surface area contributed by atoms with Gasteiger partial charge in [0.05, 0.1) is 11.8 Å². The molecule has 1 aromatic carbocycles. The van der Waals surface area contributed by atoms with Crippen molar-refractivity contribution >= 4 is 16.1 Å². The van der Waals surface area contributed by atoms with Gasteiger partial charge >= 0.3 is 16.1 Å². The fraction of sp³-hybridized carbons (Fsp3) is 0.250. The quantitative estimate of drug-likeness (QED) is 0.601. The minimum Gasteiger partial charge on any atom is -0.384 e. The third-order valence-electron chi connectivity index (χ3n) is 2.07. The molecule has 0 amide bonds. The van der Waals surface area contributed by atoms with Gasteiger partial charge in [0.1, 0.15) is 18.5 Å². The fourth-order valence-electron chi connectivity index (χ4n) is 1.35. The monoisotopic (exact) mass is 302 g/mol. The van der Waals surface area contributed by atoms with Crippen LogP contribution in [-0.2, 0) is 14.3 Å². The summed E-state index contributed by atoms with van der Waals surface area (Å²) >= 11 is 0. The number of carbonyl (C=O) groups is 1. The molecule has 0 spiro atoms. The standard InChI is InChI=1S/C12H11FO6S/c1-20(17,18)19-12(16)9-5-4-8(13)7-10(9)11(15)3-2-6-14/h4-5,7,11,14-15H,6H2,1H3. The predicted octanol–water partition coefficient (Wildman–Crippen LogP) is -0.0288. The van der Waals surface area contributed by atoms with Crippen molar-refractivity contribution in [1.82, 2.24) is 0 Å². The highest BCUT2D eigenvalue weighted by atomic mass is 32.2. The largest absolute Gasteiger partial charge is 0.384 e. The molecule has 1 rings (SSSR count). The molecule has 8 heteroatoms. The van der Waals surface area contributed by atoms with E-state index in [0.29, 0.717) is 6.26 Å². The lowest BCUT2D eigenvalue weighted by Gasteiger charge is -2.10. The molecule has 0 heterocycles. The van der Waals surface area contributed by atoms with Gasteiger partial charge in [0.2, 0.25) is 0 Å². The van der Waals surface area contributed by atoms with E-state index in [1.54, 1.807) is 0 Å². The van der Waals surface area contributed by atoms with Crippen molar-refractivity contribution in [2.75, 3.05) is 12.9 Å². The zero-order chi connectivity index (χ0) is 15.3. The van der Waals surface area contributed by atoms with Gasteiger partial charge in [-0.2, -0.15) is 8.42 Å². The number of carbonyl (C=O) groups excluding carboxylic acids is 1. The molecule has 0 aliphatic carbocycles. The highest BCUT2D eigenvalue weighted by molar-refractivity contribution is 7.86. The Morgan fingerprint density at radius 1 is 1.50 bits per heavy atom. The maximum absolute atomic E-state index is 13.2. The Morgan fingerprint density at radius 3 is 2.70 bits per heavy atom. The van der Waals surface area contributed by atoms with Gasteiger partial charge in [0.15, 0.2) is 0 Å². The molecule has 2 N–H and O–H groups in total. The highest BCUT2D eigenvalue weighted by Crippen LogP contribution is 2.20. The molecule has 1 unspecified atom stereocenters. The number of halogens is 1. The van der Waals surface area contributed by atoms with E-state index in [0.717, 1.165) is 18.2 Å². The van der Waals surface area contributed by atoms with E-state index in [-0.39, 0.29) is 11.1 Å². The predicted molar refractivity (Wildman–Crippen MR) is 66.5 cm³/mol. The molecule has 20 heavy (non-hydrogen) atoms. The molecule has 0 aliphatic rings. The SMILES string of the molecule is CS(=O)(=O)OC(=O)c1ccc(F)cc1C(O)C#CCO. The Balaban J connectivity index is 3.23. The molecule has 0 aliphatic heterocycles. The third-order valence-corrected chi connectivity index (χ3v) is 2.53. The smallest absolute Gasteiger partial charge is 0.354 e. The fourth-order valence-corrected chi connectivity index (χ4v) is 1.71. The molecule has 0 radical (unpaired) electrons. The maximum atomic E-state index is 13.2. The van der Waals surface area contributed by atoms with E-state index < -0.39 is 34.6 Å². The van der Waals surface area contributed by atoms with E-state index in [9.17, 15) is 22.7 Å². The summed E-state index contributed by atoms with van der Waals surface area (Å²) in [6.07, 6.45) is -0.893. The molecule has 6 nitrogen and oxygen atoms in total. The molecule has 0 aromatic heterocycles. The molecular weight excluding hydrogens is 291 g/mol. The second-order valence-electron chi connectivity index (χ2n) is 3.69. The van der Waals surface area contributed by atoms with Gasteiger partial charge < -0.3 is 14.4 Å². The summed E-state index contributed by atoms with van der Waals surface area (Å²) in [7, 11) is -4.04. The summed E-state index contributed by atoms with van der Waals surface area (Å²) in [5, 5.41) is 18.2. The molecular formula is C12H11FO6S. The summed E-state index contributed by atoms with van der Waals surface area (Å²) < 4.78 is 39.1. The van der Waals surface area contributed by atoms with E-state index in [1.165, 1.54) is 0 Å². The summed E-state index contributed by atoms with van der Waals surface area (Å²) in [4.78, 5) is 11.6. The highest BCUT2D eigenvalue weighted by Gasteiger charge is 2.21. The van der Waals surface area contributed by atoms with Gasteiger partial charge in [0, 0.05) is 5.56 Å². The topological polar surface area (TPSA) is 101 Å². The molecule has 0 fully saturated rings. The van der Waals surface area contributed by atoms with Crippen molar-refractivity contribution in [2.45, 2.75) is 6.10 Å². The third kappa shape index (κ3) is 4.62. The Bertz CT molecular complexity index is 671. The van der Waals surface area contributed by atoms with Crippen LogP contribution in [0.2, 0.25) is 0 Å². The normalized spacial score (nSPS) is 12.2. The summed E-state index contributed by atoms with van der Waals surface area (Å²) in [6, 6.07) is 2.71. The average Bonchev–Trinajstić information content (AvgIpc) is 2.33. The van der Waals surface area contributed by atoms with E-state index in [2.05, 4.69) is 16.0 Å². The average molecular weight is 302 g/mol. The molecule has 108 valence electrons. The van der Waals surface area contributed by atoms with Crippen LogP contribution in [0.1, 0.15) is 22.0 Å². The summed E-state index contributed by atoms with van der Waals surface area (Å²) in [5.41, 5.74) is -0.587. The number of benzene rings is 1. The number of hydrogen-bond donors (Lipinski definition) is 2. The van der Waals surface area contributed by atoms with Crippen molar-refractivity contribution in [1.29, 1.82) is 0 Å². The van der Waals surface area contributed by atoms with Crippen molar-refractivity contribution in [3.8, 4) is 11.8 Å². The molecule has 0 saturated heterocycles. The van der Waals surface area contributed by atoms with Gasteiger partial charge in [-0.15, -0.1) is 0 Å². The van der Waals surface area contributed by atoms with Crippen LogP contribution in [0.5, 0.6) is 0 Å². The minimum atomic E-state index is -4.04. The van der Waals surface area contributed by atoms with Crippen LogP contribution in [0.25, 0.3) is 0 Å². The molecule has 1 aromatic rings. The van der Waals surface area contributed by atoms with Crippen LogP contribution in [-0.4, -0.2) is 37.5 Å². The van der Waals surface area contributed by atoms with Crippen molar-refractivity contribution in [2.24, 2.45) is 0 Å². The van der Waals surface area contributed by atoms with Gasteiger partial charge in [-0.25, -0.2) is 9.18 Å². The first-order valence-corrected chi connectivity index (χ1v) is 7.07. The summed E-state index contributed by atoms with van der Waals surface area (Å²) in [6.45, 7) is -0.532. The van der Waals surface area contributed by atoms with Crippen LogP contribution < -0.4 is 0 Å². The van der Waals surface area contributed by atoms with Gasteiger partial charge in [0.25, 0.3) is 0 Å². The van der Waals surface area contributed by atoms with Crippen molar-refractivity contribution in [3.63, 3.8) is 0 Å². The summed E-state index contributed by atoms with van der Waals surface area (Å²) in [5.74, 6) is 2.30. The van der Waals surface area contributed by atoms with Crippen LogP contribution in [0.15, 0.2) is 18.2 Å². The molecule has 1 atom stereocenters. The van der Waals surface area contributed by atoms with Crippen LogP contribution in [0.4, 0.5) is 4.39 Å². The van der Waals surface area contributed by atoms with Gasteiger partial charge in [-0.3, -0.25) is 0 Å². The zero-order valence-electron chi connectivity index (χ0n) is 10.3. The maximum Gasteiger partial charge on any atom is 0.354 e. The Morgan fingerprint density at radius 2 is 2.15 bits per heavy atom. The first kappa shape index (κ1) is 16.1. The first-order valence-electron chi connectivity index (χ1n) is 5.25. The van der Waals surface area contributed by atoms with Crippen molar-refractivity contribution in [3.05, 3.63) is 35.1 Å². The van der Waals surface area contributed by atoms with Gasteiger partial charge in [-0.05, 0) is 18.2 Å². The Labute approximate surface area is 114 Å². The first-order chi connectivity index (χ1) is 9.24. The van der Waals surface area contributed by atoms with Crippen LogP contribution in [0, 0.1) is 17.7 Å². The van der Waals surface area contributed by atoms with Crippen molar-refractivity contribution < 1.29 is 32.0 Å². The lowest BCUT2D eigenvalue weighted by Crippen LogP contribution is -2.15. The minimum absolute atomic E-state index is 0.250. The number of hydrogen-bond acceptors (Lipinski definition) is 6. The van der Waals surface area contributed by atoms with E-state index >= 15 is 0 Å². The lowest BCUT2D eigenvalue weighted by atomic mass is 10.0. The Hall–Kier alpha value is -1.95. The number of rotatable bonds is 3. The van der Waals surface area contributed by atoms with Gasteiger partial charge in [-0.1, -0.05) is 11.8 Å². The zero-order valence-corrected chi connectivity index (χ0v) is 11.1. The van der Waals surface area contributed by atoms with Crippen LogP contribution >= 0.6 is 0 Å². The lowest BCUT2D eigenvalue weighted by molar-refractivity contribution is 0.0743. The van der Waals surface area contributed by atoms with E-state index in [4.69, 9.17) is 5.11 Å². The molecule has 0 bridgehead atoms. The van der Waals surface area contributed by atoms with Crippen LogP contribution in [0.3, 0.4) is 0 Å². The Kier molecular flexibility index (Phi) is 5.21. The van der Waals surface area contributed by atoms with E-state index in [1.807, 2.05) is 0 Å². The second kappa shape index (κ2) is 6.47. The number of aliphatic hydroxyl groups excluding tert-OH is 2.